The van der Waals surface area contributed by atoms with Crippen LogP contribution in [0.15, 0.2) is 0 Å². The predicted molar refractivity (Wildman–Crippen MR) is 41.2 cm³/mol. The predicted octanol–water partition coefficient (Wildman–Crippen LogP) is -0.518. The van der Waals surface area contributed by atoms with Crippen LogP contribution in [0.5, 0.6) is 0 Å². The molecule has 2 fully saturated rings. The first-order valence-corrected chi connectivity index (χ1v) is 4.33. The second kappa shape index (κ2) is 2.44. The van der Waals surface area contributed by atoms with Crippen LogP contribution < -0.4 is 5.32 Å². The van der Waals surface area contributed by atoms with Crippen molar-refractivity contribution in [2.75, 3.05) is 13.1 Å². The van der Waals surface area contributed by atoms with E-state index in [2.05, 4.69) is 5.32 Å². The summed E-state index contributed by atoms with van der Waals surface area (Å²) in [5, 5.41) is 22.4. The van der Waals surface area contributed by atoms with Gasteiger partial charge < -0.3 is 15.5 Å². The maximum absolute atomic E-state index is 9.66. The Balaban J connectivity index is 1.93. The summed E-state index contributed by atoms with van der Waals surface area (Å²) in [5.41, 5.74) is -0.712. The van der Waals surface area contributed by atoms with Crippen LogP contribution in [-0.4, -0.2) is 35.0 Å². The Morgan fingerprint density at radius 3 is 2.64 bits per heavy atom. The quantitative estimate of drug-likeness (QED) is 0.505. The average Bonchev–Trinajstić information content (AvgIpc) is 2.54. The van der Waals surface area contributed by atoms with E-state index in [0.29, 0.717) is 0 Å². The molecule has 2 atom stereocenters. The zero-order chi connectivity index (χ0) is 7.90. The van der Waals surface area contributed by atoms with Gasteiger partial charge in [0.1, 0.15) is 0 Å². The van der Waals surface area contributed by atoms with Gasteiger partial charge in [-0.25, -0.2) is 0 Å². The molecule has 2 unspecified atom stereocenters. The fourth-order valence-electron chi connectivity index (χ4n) is 1.81. The molecular weight excluding hydrogens is 142 g/mol. The van der Waals surface area contributed by atoms with Gasteiger partial charge in [-0.05, 0) is 25.8 Å². The van der Waals surface area contributed by atoms with Gasteiger partial charge in [0, 0.05) is 12.5 Å². The van der Waals surface area contributed by atoms with E-state index in [1.54, 1.807) is 0 Å². The molecule has 11 heavy (non-hydrogen) atoms. The smallest absolute Gasteiger partial charge is 0.0910 e. The molecule has 3 heteroatoms. The first-order chi connectivity index (χ1) is 5.22. The second-order valence-corrected chi connectivity index (χ2v) is 3.80. The van der Waals surface area contributed by atoms with E-state index in [1.807, 2.05) is 0 Å². The number of hydrogen-bond acceptors (Lipinski definition) is 3. The summed E-state index contributed by atoms with van der Waals surface area (Å²) in [6.07, 6.45) is 2.08. The van der Waals surface area contributed by atoms with Gasteiger partial charge in [-0.1, -0.05) is 0 Å². The van der Waals surface area contributed by atoms with Gasteiger partial charge in [0.25, 0.3) is 0 Å². The summed E-state index contributed by atoms with van der Waals surface area (Å²) in [7, 11) is 0. The van der Waals surface area contributed by atoms with Crippen LogP contribution in [0, 0.1) is 5.92 Å². The second-order valence-electron chi connectivity index (χ2n) is 3.80. The van der Waals surface area contributed by atoms with E-state index in [1.165, 1.54) is 0 Å². The normalized spacial score (nSPS) is 37.1. The minimum absolute atomic E-state index is 0.280. The van der Waals surface area contributed by atoms with Crippen LogP contribution >= 0.6 is 0 Å². The molecule has 2 rings (SSSR count). The Bertz CT molecular complexity index is 150. The highest BCUT2D eigenvalue weighted by Crippen LogP contribution is 2.42. The van der Waals surface area contributed by atoms with Crippen molar-refractivity contribution in [1.82, 2.24) is 5.32 Å². The zero-order valence-electron chi connectivity index (χ0n) is 6.58. The Morgan fingerprint density at radius 1 is 1.45 bits per heavy atom. The van der Waals surface area contributed by atoms with Crippen molar-refractivity contribution in [3.8, 4) is 0 Å². The molecule has 1 saturated heterocycles. The summed E-state index contributed by atoms with van der Waals surface area (Å²) in [6, 6.07) is 0. The maximum Gasteiger partial charge on any atom is 0.0910 e. The standard InChI is InChI=1S/C8H15NO2/c10-7(8(11)2-3-8)6-1-4-9-5-6/h6-7,9-11H,1-5H2. The van der Waals surface area contributed by atoms with E-state index >= 15 is 0 Å². The Morgan fingerprint density at radius 2 is 2.18 bits per heavy atom. The van der Waals surface area contributed by atoms with Crippen LogP contribution in [0.2, 0.25) is 0 Å². The molecule has 0 radical (unpaired) electrons. The first-order valence-electron chi connectivity index (χ1n) is 4.33. The topological polar surface area (TPSA) is 52.5 Å². The van der Waals surface area contributed by atoms with Gasteiger partial charge in [0.05, 0.1) is 11.7 Å². The van der Waals surface area contributed by atoms with Crippen molar-refractivity contribution in [1.29, 1.82) is 0 Å². The van der Waals surface area contributed by atoms with Gasteiger partial charge in [-0.3, -0.25) is 0 Å². The SMILES string of the molecule is OC(C1CCNC1)C1(O)CC1. The molecule has 1 aliphatic carbocycles. The molecular formula is C8H15NO2. The lowest BCUT2D eigenvalue weighted by atomic mass is 9.96. The largest absolute Gasteiger partial charge is 0.390 e. The molecule has 1 aliphatic heterocycles. The molecule has 64 valence electrons. The third kappa shape index (κ3) is 1.28. The van der Waals surface area contributed by atoms with Gasteiger partial charge in [-0.2, -0.15) is 0 Å². The lowest BCUT2D eigenvalue weighted by Crippen LogP contribution is -2.36. The highest BCUT2D eigenvalue weighted by Gasteiger charge is 2.50. The van der Waals surface area contributed by atoms with Gasteiger partial charge in [0.15, 0.2) is 0 Å². The maximum atomic E-state index is 9.66. The third-order valence-corrected chi connectivity index (χ3v) is 2.86. The molecule has 3 N–H and O–H groups in total. The van der Waals surface area contributed by atoms with Gasteiger partial charge in [-0.15, -0.1) is 0 Å². The van der Waals surface area contributed by atoms with Gasteiger partial charge in [0.2, 0.25) is 0 Å². The van der Waals surface area contributed by atoms with Crippen LogP contribution in [0.3, 0.4) is 0 Å². The van der Waals surface area contributed by atoms with Crippen LogP contribution in [-0.2, 0) is 0 Å². The van der Waals surface area contributed by atoms with Crippen molar-refractivity contribution in [3.63, 3.8) is 0 Å². The fraction of sp³-hybridized carbons (Fsp3) is 1.00. The van der Waals surface area contributed by atoms with Crippen LogP contribution in [0.1, 0.15) is 19.3 Å². The van der Waals surface area contributed by atoms with E-state index < -0.39 is 11.7 Å². The third-order valence-electron chi connectivity index (χ3n) is 2.86. The molecule has 0 aromatic heterocycles. The average molecular weight is 157 g/mol. The molecule has 1 saturated carbocycles. The summed E-state index contributed by atoms with van der Waals surface area (Å²) >= 11 is 0. The number of aliphatic hydroxyl groups is 2. The molecule has 0 aromatic carbocycles. The molecule has 0 spiro atoms. The summed E-state index contributed by atoms with van der Waals surface area (Å²) < 4.78 is 0. The highest BCUT2D eigenvalue weighted by molar-refractivity contribution is 5.03. The van der Waals surface area contributed by atoms with E-state index in [9.17, 15) is 10.2 Å². The van der Waals surface area contributed by atoms with Crippen molar-refractivity contribution >= 4 is 0 Å². The number of nitrogens with one attached hydrogen (secondary N) is 1. The lowest BCUT2D eigenvalue weighted by Gasteiger charge is -2.21. The summed E-state index contributed by atoms with van der Waals surface area (Å²) in [6.45, 7) is 1.85. The van der Waals surface area contributed by atoms with Gasteiger partial charge >= 0.3 is 0 Å². The zero-order valence-corrected chi connectivity index (χ0v) is 6.58. The summed E-state index contributed by atoms with van der Waals surface area (Å²) in [5.74, 6) is 0.280. The number of hydrogen-bond donors (Lipinski definition) is 3. The number of aliphatic hydroxyl groups excluding tert-OH is 1. The van der Waals surface area contributed by atoms with E-state index in [0.717, 1.165) is 32.4 Å². The lowest BCUT2D eigenvalue weighted by molar-refractivity contribution is -0.0302. The fourth-order valence-corrected chi connectivity index (χ4v) is 1.81. The monoisotopic (exact) mass is 157 g/mol. The Hall–Kier alpha value is -0.120. The van der Waals surface area contributed by atoms with E-state index in [4.69, 9.17) is 0 Å². The number of rotatable bonds is 2. The molecule has 0 amide bonds. The van der Waals surface area contributed by atoms with Crippen molar-refractivity contribution in [3.05, 3.63) is 0 Å². The highest BCUT2D eigenvalue weighted by atomic mass is 16.3. The molecule has 0 aromatic rings. The van der Waals surface area contributed by atoms with Crippen molar-refractivity contribution in [2.24, 2.45) is 5.92 Å². The Kier molecular flexibility index (Phi) is 1.67. The molecule has 1 heterocycles. The first kappa shape index (κ1) is 7.53. The minimum Gasteiger partial charge on any atom is -0.390 e. The van der Waals surface area contributed by atoms with Crippen LogP contribution in [0.4, 0.5) is 0 Å². The van der Waals surface area contributed by atoms with E-state index in [-0.39, 0.29) is 5.92 Å². The van der Waals surface area contributed by atoms with Crippen LogP contribution in [0.25, 0.3) is 0 Å². The molecule has 2 aliphatic rings. The Labute approximate surface area is 66.4 Å². The van der Waals surface area contributed by atoms with Crippen molar-refractivity contribution in [2.45, 2.75) is 31.0 Å². The molecule has 3 nitrogen and oxygen atoms in total. The van der Waals surface area contributed by atoms with Crippen molar-refractivity contribution < 1.29 is 10.2 Å². The minimum atomic E-state index is -0.712. The summed E-state index contributed by atoms with van der Waals surface area (Å²) in [4.78, 5) is 0. The molecule has 0 bridgehead atoms.